The summed E-state index contributed by atoms with van der Waals surface area (Å²) in [5.74, 6) is 1.02. The summed E-state index contributed by atoms with van der Waals surface area (Å²) < 4.78 is 1.86. The molecule has 2 aromatic rings. The Hall–Kier alpha value is -2.87. The highest BCUT2D eigenvalue weighted by molar-refractivity contribution is 5.79. The van der Waals surface area contributed by atoms with Crippen LogP contribution >= 0.6 is 0 Å². The van der Waals surface area contributed by atoms with E-state index in [2.05, 4.69) is 51.8 Å². The average molecular weight is 412 g/mol. The summed E-state index contributed by atoms with van der Waals surface area (Å²) in [5, 5.41) is 11.0. The Kier molecular flexibility index (Phi) is 8.26. The van der Waals surface area contributed by atoms with Gasteiger partial charge in [-0.15, -0.1) is 0 Å². The molecule has 0 unspecified atom stereocenters. The Morgan fingerprint density at radius 1 is 1.13 bits per heavy atom. The van der Waals surface area contributed by atoms with Crippen molar-refractivity contribution in [3.05, 3.63) is 48.3 Å². The highest BCUT2D eigenvalue weighted by atomic mass is 16.2. The molecule has 0 spiro atoms. The highest BCUT2D eigenvalue weighted by Gasteiger charge is 2.17. The van der Waals surface area contributed by atoms with Gasteiger partial charge in [0.15, 0.2) is 5.96 Å². The minimum Gasteiger partial charge on any atom is -0.357 e. The summed E-state index contributed by atoms with van der Waals surface area (Å²) in [7, 11) is 0. The standard InChI is InChI=1S/C22H33N7O/c1-3-23-22(25-12-14-27-15-17-28(18-16-27)19(2)30)24-11-9-20-5-7-21(8-6-20)29-13-4-10-26-29/h4-8,10,13H,3,9,11-12,14-18H2,1-2H3,(H2,23,24,25). The number of amides is 1. The third-order valence-electron chi connectivity index (χ3n) is 5.26. The molecule has 1 aliphatic rings. The molecule has 1 aromatic carbocycles. The molecular weight excluding hydrogens is 378 g/mol. The van der Waals surface area contributed by atoms with E-state index in [1.54, 1.807) is 13.1 Å². The van der Waals surface area contributed by atoms with E-state index in [0.717, 1.165) is 70.4 Å². The number of aliphatic imine (C=N–C) groups is 1. The van der Waals surface area contributed by atoms with Crippen LogP contribution in [-0.2, 0) is 11.2 Å². The molecule has 1 saturated heterocycles. The third-order valence-corrected chi connectivity index (χ3v) is 5.26. The smallest absolute Gasteiger partial charge is 0.219 e. The van der Waals surface area contributed by atoms with E-state index in [4.69, 9.17) is 4.99 Å². The van der Waals surface area contributed by atoms with E-state index in [-0.39, 0.29) is 5.91 Å². The van der Waals surface area contributed by atoms with Crippen molar-refractivity contribution in [3.8, 4) is 5.69 Å². The van der Waals surface area contributed by atoms with Crippen molar-refractivity contribution in [2.24, 2.45) is 4.99 Å². The molecule has 30 heavy (non-hydrogen) atoms. The van der Waals surface area contributed by atoms with Crippen LogP contribution in [-0.4, -0.2) is 83.8 Å². The first-order chi connectivity index (χ1) is 14.7. The summed E-state index contributed by atoms with van der Waals surface area (Å²) in [6.07, 6.45) is 4.65. The molecule has 3 rings (SSSR count). The number of hydrogen-bond acceptors (Lipinski definition) is 4. The zero-order chi connectivity index (χ0) is 21.2. The Labute approximate surface area is 179 Å². The number of aromatic nitrogens is 2. The molecule has 162 valence electrons. The molecule has 1 aromatic heterocycles. The largest absolute Gasteiger partial charge is 0.357 e. The van der Waals surface area contributed by atoms with Gasteiger partial charge in [0.2, 0.25) is 5.91 Å². The third kappa shape index (κ3) is 6.59. The molecule has 0 radical (unpaired) electrons. The predicted molar refractivity (Wildman–Crippen MR) is 120 cm³/mol. The monoisotopic (exact) mass is 411 g/mol. The maximum atomic E-state index is 11.4. The number of guanidine groups is 1. The van der Waals surface area contributed by atoms with Crippen LogP contribution in [0.4, 0.5) is 0 Å². The number of hydrogen-bond donors (Lipinski definition) is 2. The lowest BCUT2D eigenvalue weighted by atomic mass is 10.1. The fourth-order valence-electron chi connectivity index (χ4n) is 3.49. The number of nitrogens with one attached hydrogen (secondary N) is 2. The minimum atomic E-state index is 0.169. The molecule has 8 nitrogen and oxygen atoms in total. The average Bonchev–Trinajstić information content (AvgIpc) is 3.29. The van der Waals surface area contributed by atoms with Crippen molar-refractivity contribution in [2.75, 3.05) is 52.4 Å². The van der Waals surface area contributed by atoms with Crippen molar-refractivity contribution in [1.29, 1.82) is 0 Å². The van der Waals surface area contributed by atoms with Crippen molar-refractivity contribution in [1.82, 2.24) is 30.2 Å². The van der Waals surface area contributed by atoms with Gasteiger partial charge in [0.1, 0.15) is 0 Å². The first-order valence-corrected chi connectivity index (χ1v) is 10.7. The Morgan fingerprint density at radius 3 is 2.53 bits per heavy atom. The first-order valence-electron chi connectivity index (χ1n) is 10.7. The van der Waals surface area contributed by atoms with E-state index in [1.807, 2.05) is 21.8 Å². The van der Waals surface area contributed by atoms with Gasteiger partial charge in [-0.05, 0) is 37.1 Å². The second kappa shape index (κ2) is 11.3. The van der Waals surface area contributed by atoms with Crippen LogP contribution < -0.4 is 10.6 Å². The molecule has 0 saturated carbocycles. The lowest BCUT2D eigenvalue weighted by molar-refractivity contribution is -0.130. The highest BCUT2D eigenvalue weighted by Crippen LogP contribution is 2.08. The molecule has 0 bridgehead atoms. The summed E-state index contributed by atoms with van der Waals surface area (Å²) in [6, 6.07) is 10.4. The minimum absolute atomic E-state index is 0.169. The zero-order valence-electron chi connectivity index (χ0n) is 18.0. The van der Waals surface area contributed by atoms with Gasteiger partial charge in [-0.25, -0.2) is 4.68 Å². The van der Waals surface area contributed by atoms with Crippen LogP contribution in [0.3, 0.4) is 0 Å². The lowest BCUT2D eigenvalue weighted by Crippen LogP contribution is -2.48. The van der Waals surface area contributed by atoms with Crippen LogP contribution in [0.5, 0.6) is 0 Å². The molecule has 2 heterocycles. The van der Waals surface area contributed by atoms with E-state index >= 15 is 0 Å². The van der Waals surface area contributed by atoms with Gasteiger partial charge in [-0.2, -0.15) is 5.10 Å². The van der Waals surface area contributed by atoms with Crippen LogP contribution in [0, 0.1) is 0 Å². The van der Waals surface area contributed by atoms with Gasteiger partial charge in [0.25, 0.3) is 0 Å². The Bertz CT molecular complexity index is 793. The fourth-order valence-corrected chi connectivity index (χ4v) is 3.49. The maximum absolute atomic E-state index is 11.4. The molecular formula is C22H33N7O. The second-order valence-electron chi connectivity index (χ2n) is 7.40. The van der Waals surface area contributed by atoms with Crippen molar-refractivity contribution < 1.29 is 4.79 Å². The SMILES string of the molecule is CCNC(=NCCN1CCN(C(C)=O)CC1)NCCc1ccc(-n2cccn2)cc1. The summed E-state index contributed by atoms with van der Waals surface area (Å²) in [5.41, 5.74) is 2.34. The van der Waals surface area contributed by atoms with Gasteiger partial charge in [0, 0.05) is 65.1 Å². The van der Waals surface area contributed by atoms with Crippen LogP contribution in [0.1, 0.15) is 19.4 Å². The number of piperazine rings is 1. The van der Waals surface area contributed by atoms with Crippen molar-refractivity contribution >= 4 is 11.9 Å². The first kappa shape index (κ1) is 21.8. The normalized spacial score (nSPS) is 15.3. The van der Waals surface area contributed by atoms with Gasteiger partial charge in [-0.3, -0.25) is 14.7 Å². The van der Waals surface area contributed by atoms with Gasteiger partial charge < -0.3 is 15.5 Å². The van der Waals surface area contributed by atoms with E-state index in [0.29, 0.717) is 0 Å². The number of nitrogens with zero attached hydrogens (tertiary/aromatic N) is 5. The Balaban J connectivity index is 1.40. The van der Waals surface area contributed by atoms with Gasteiger partial charge in [-0.1, -0.05) is 12.1 Å². The number of carbonyl (C=O) groups excluding carboxylic acids is 1. The number of benzene rings is 1. The van der Waals surface area contributed by atoms with Crippen molar-refractivity contribution in [2.45, 2.75) is 20.3 Å². The quantitative estimate of drug-likeness (QED) is 0.503. The van der Waals surface area contributed by atoms with Gasteiger partial charge >= 0.3 is 0 Å². The molecule has 2 N–H and O–H groups in total. The van der Waals surface area contributed by atoms with Crippen molar-refractivity contribution in [3.63, 3.8) is 0 Å². The van der Waals surface area contributed by atoms with Crippen LogP contribution in [0.25, 0.3) is 5.69 Å². The second-order valence-corrected chi connectivity index (χ2v) is 7.40. The molecule has 1 amide bonds. The number of rotatable bonds is 8. The van der Waals surface area contributed by atoms with E-state index < -0.39 is 0 Å². The van der Waals surface area contributed by atoms with E-state index in [1.165, 1.54) is 5.56 Å². The zero-order valence-corrected chi connectivity index (χ0v) is 18.0. The topological polar surface area (TPSA) is 77.8 Å². The summed E-state index contributed by atoms with van der Waals surface area (Å²) in [6.45, 7) is 10.5. The predicted octanol–water partition coefficient (Wildman–Crippen LogP) is 1.13. The molecule has 0 atom stereocenters. The molecule has 0 aliphatic carbocycles. The van der Waals surface area contributed by atoms with Crippen LogP contribution in [0.2, 0.25) is 0 Å². The van der Waals surface area contributed by atoms with Crippen LogP contribution in [0.15, 0.2) is 47.7 Å². The van der Waals surface area contributed by atoms with E-state index in [9.17, 15) is 4.79 Å². The summed E-state index contributed by atoms with van der Waals surface area (Å²) >= 11 is 0. The molecule has 8 heteroatoms. The Morgan fingerprint density at radius 2 is 1.90 bits per heavy atom. The maximum Gasteiger partial charge on any atom is 0.219 e. The fraction of sp³-hybridized carbons (Fsp3) is 0.500. The molecule has 1 aliphatic heterocycles. The molecule has 1 fully saturated rings. The van der Waals surface area contributed by atoms with Gasteiger partial charge in [0.05, 0.1) is 12.2 Å². The lowest BCUT2D eigenvalue weighted by Gasteiger charge is -2.33. The number of carbonyl (C=O) groups is 1. The summed E-state index contributed by atoms with van der Waals surface area (Å²) in [4.78, 5) is 20.4.